The van der Waals surface area contributed by atoms with E-state index in [2.05, 4.69) is 15.0 Å². The van der Waals surface area contributed by atoms with Gasteiger partial charge in [-0.15, -0.1) is 0 Å². The fourth-order valence-corrected chi connectivity index (χ4v) is 3.72. The zero-order valence-electron chi connectivity index (χ0n) is 15.5. The van der Waals surface area contributed by atoms with Crippen molar-refractivity contribution in [2.24, 2.45) is 7.05 Å². The molecule has 1 heterocycles. The number of anilines is 2. The summed E-state index contributed by atoms with van der Waals surface area (Å²) in [4.78, 5) is 4.55. The van der Waals surface area contributed by atoms with Gasteiger partial charge in [0.2, 0.25) is 10.0 Å². The molecule has 6 nitrogen and oxygen atoms in total. The van der Waals surface area contributed by atoms with Gasteiger partial charge in [-0.2, -0.15) is 0 Å². The zero-order chi connectivity index (χ0) is 19.8. The first-order valence-electron chi connectivity index (χ1n) is 8.31. The zero-order valence-corrected chi connectivity index (χ0v) is 17.1. The molecular weight excluding hydrogens is 384 g/mol. The van der Waals surface area contributed by atoms with Crippen LogP contribution in [0.25, 0.3) is 11.3 Å². The van der Waals surface area contributed by atoms with E-state index in [0.717, 1.165) is 27.5 Å². The van der Waals surface area contributed by atoms with Crippen LogP contribution in [0.1, 0.15) is 11.1 Å². The Labute approximate surface area is 164 Å². The maximum atomic E-state index is 12.2. The van der Waals surface area contributed by atoms with Crippen molar-refractivity contribution in [3.05, 3.63) is 59.0 Å². The number of nitrogens with one attached hydrogen (secondary N) is 2. The molecule has 0 amide bonds. The van der Waals surface area contributed by atoms with Gasteiger partial charge in [0.1, 0.15) is 0 Å². The van der Waals surface area contributed by atoms with E-state index in [1.54, 1.807) is 24.5 Å². The van der Waals surface area contributed by atoms with Crippen LogP contribution in [0.2, 0.25) is 5.02 Å². The molecule has 8 heteroatoms. The summed E-state index contributed by atoms with van der Waals surface area (Å²) in [6.07, 6.45) is 3.52. The van der Waals surface area contributed by atoms with Crippen molar-refractivity contribution in [2.75, 3.05) is 12.4 Å². The summed E-state index contributed by atoms with van der Waals surface area (Å²) in [6, 6.07) is 8.83. The second-order valence-corrected chi connectivity index (χ2v) is 8.65. The highest BCUT2D eigenvalue weighted by atomic mass is 35.5. The molecule has 0 atom stereocenters. The van der Waals surface area contributed by atoms with Crippen LogP contribution >= 0.6 is 11.6 Å². The quantitative estimate of drug-likeness (QED) is 0.673. The minimum atomic E-state index is -3.56. The molecule has 27 heavy (non-hydrogen) atoms. The van der Waals surface area contributed by atoms with Crippen LogP contribution in [0.15, 0.2) is 47.8 Å². The Balaban J connectivity index is 2.12. The van der Waals surface area contributed by atoms with Gasteiger partial charge in [-0.1, -0.05) is 11.6 Å². The summed E-state index contributed by atoms with van der Waals surface area (Å²) in [7, 11) is -0.305. The van der Waals surface area contributed by atoms with Crippen LogP contribution in [-0.4, -0.2) is 25.0 Å². The van der Waals surface area contributed by atoms with Crippen LogP contribution in [-0.2, 0) is 17.1 Å². The molecule has 1 aromatic heterocycles. The lowest BCUT2D eigenvalue weighted by Crippen LogP contribution is -2.18. The molecule has 0 aliphatic heterocycles. The molecular formula is C19H21ClN4O2S. The fourth-order valence-electron chi connectivity index (χ4n) is 2.85. The van der Waals surface area contributed by atoms with Crippen LogP contribution in [0.4, 0.5) is 11.4 Å². The van der Waals surface area contributed by atoms with Crippen LogP contribution in [0.5, 0.6) is 0 Å². The number of benzene rings is 2. The Kier molecular flexibility index (Phi) is 5.28. The standard InChI is InChI=1S/C19H21ClN4O2S/c1-12-7-14(8-13(2)19(12)20)23-17-6-5-15(27(25,26)21-3)9-16(17)18-10-24(4)11-22-18/h5-11,21,23H,1-4H3. The fraction of sp³-hybridized carbons (Fsp3) is 0.211. The first-order chi connectivity index (χ1) is 12.7. The number of aromatic nitrogens is 2. The van der Waals surface area contributed by atoms with Crippen molar-refractivity contribution in [2.45, 2.75) is 18.7 Å². The van der Waals surface area contributed by atoms with Crippen LogP contribution in [0.3, 0.4) is 0 Å². The molecule has 0 spiro atoms. The summed E-state index contributed by atoms with van der Waals surface area (Å²) in [5.41, 5.74) is 4.93. The van der Waals surface area contributed by atoms with E-state index < -0.39 is 10.0 Å². The van der Waals surface area contributed by atoms with Gasteiger partial charge in [-0.3, -0.25) is 0 Å². The first-order valence-corrected chi connectivity index (χ1v) is 10.2. The minimum Gasteiger partial charge on any atom is -0.355 e. The average molecular weight is 405 g/mol. The number of hydrogen-bond acceptors (Lipinski definition) is 4. The smallest absolute Gasteiger partial charge is 0.240 e. The lowest BCUT2D eigenvalue weighted by atomic mass is 10.1. The van der Waals surface area contributed by atoms with Gasteiger partial charge in [-0.25, -0.2) is 18.1 Å². The summed E-state index contributed by atoms with van der Waals surface area (Å²) in [5, 5.41) is 4.10. The minimum absolute atomic E-state index is 0.180. The Morgan fingerprint density at radius 3 is 2.33 bits per heavy atom. The Hall–Kier alpha value is -2.35. The third-order valence-corrected chi connectivity index (χ3v) is 6.27. The van der Waals surface area contributed by atoms with E-state index in [9.17, 15) is 8.42 Å². The van der Waals surface area contributed by atoms with Gasteiger partial charge in [0.25, 0.3) is 0 Å². The Morgan fingerprint density at radius 2 is 1.78 bits per heavy atom. The van der Waals surface area contributed by atoms with Crippen molar-refractivity contribution < 1.29 is 8.42 Å². The number of rotatable bonds is 5. The highest BCUT2D eigenvalue weighted by Gasteiger charge is 2.17. The number of nitrogens with zero attached hydrogens (tertiary/aromatic N) is 2. The Morgan fingerprint density at radius 1 is 1.11 bits per heavy atom. The van der Waals surface area contributed by atoms with Gasteiger partial charge >= 0.3 is 0 Å². The summed E-state index contributed by atoms with van der Waals surface area (Å²) < 4.78 is 28.6. The molecule has 2 aromatic carbocycles. The molecule has 0 aliphatic rings. The van der Waals surface area contributed by atoms with Crippen molar-refractivity contribution in [3.8, 4) is 11.3 Å². The maximum absolute atomic E-state index is 12.2. The highest BCUT2D eigenvalue weighted by molar-refractivity contribution is 7.89. The maximum Gasteiger partial charge on any atom is 0.240 e. The SMILES string of the molecule is CNS(=O)(=O)c1ccc(Nc2cc(C)c(Cl)c(C)c2)c(-c2cn(C)cn2)c1. The number of hydrogen-bond donors (Lipinski definition) is 2. The van der Waals surface area contributed by atoms with Gasteiger partial charge < -0.3 is 9.88 Å². The topological polar surface area (TPSA) is 76.0 Å². The summed E-state index contributed by atoms with van der Waals surface area (Å²) in [5.74, 6) is 0. The predicted octanol–water partition coefficient (Wildman–Crippen LogP) is 4.01. The molecule has 0 saturated carbocycles. The molecule has 2 N–H and O–H groups in total. The summed E-state index contributed by atoms with van der Waals surface area (Å²) >= 11 is 6.26. The van der Waals surface area contributed by atoms with E-state index in [-0.39, 0.29) is 4.90 Å². The molecule has 3 rings (SSSR count). The number of halogens is 1. The van der Waals surface area contributed by atoms with Crippen molar-refractivity contribution >= 4 is 33.0 Å². The number of imidazole rings is 1. The lowest BCUT2D eigenvalue weighted by molar-refractivity contribution is 0.588. The number of sulfonamides is 1. The highest BCUT2D eigenvalue weighted by Crippen LogP contribution is 2.33. The van der Waals surface area contributed by atoms with E-state index in [4.69, 9.17) is 11.6 Å². The number of aryl methyl sites for hydroxylation is 3. The largest absolute Gasteiger partial charge is 0.355 e. The molecule has 3 aromatic rings. The third-order valence-electron chi connectivity index (χ3n) is 4.27. The molecule has 0 radical (unpaired) electrons. The van der Waals surface area contributed by atoms with Crippen LogP contribution in [0, 0.1) is 13.8 Å². The molecule has 0 fully saturated rings. The normalized spacial score (nSPS) is 11.6. The molecule has 0 saturated heterocycles. The van der Waals surface area contributed by atoms with Crippen molar-refractivity contribution in [1.82, 2.24) is 14.3 Å². The van der Waals surface area contributed by atoms with Gasteiger partial charge in [0.15, 0.2) is 0 Å². The van der Waals surface area contributed by atoms with E-state index in [1.165, 1.54) is 7.05 Å². The first kappa shape index (κ1) is 19.4. The van der Waals surface area contributed by atoms with Gasteiger partial charge in [0, 0.05) is 35.2 Å². The second-order valence-electron chi connectivity index (χ2n) is 6.39. The van der Waals surface area contributed by atoms with Crippen LogP contribution < -0.4 is 10.0 Å². The van der Waals surface area contributed by atoms with Crippen molar-refractivity contribution in [3.63, 3.8) is 0 Å². The summed E-state index contributed by atoms with van der Waals surface area (Å²) in [6.45, 7) is 3.89. The second kappa shape index (κ2) is 7.34. The lowest BCUT2D eigenvalue weighted by Gasteiger charge is -2.15. The molecule has 142 valence electrons. The van der Waals surface area contributed by atoms with E-state index in [1.807, 2.05) is 43.8 Å². The molecule has 0 unspecified atom stereocenters. The molecule has 0 bridgehead atoms. The molecule has 0 aliphatic carbocycles. The third kappa shape index (κ3) is 4.00. The predicted molar refractivity (Wildman–Crippen MR) is 109 cm³/mol. The van der Waals surface area contributed by atoms with Gasteiger partial charge in [-0.05, 0) is 62.4 Å². The monoisotopic (exact) mass is 404 g/mol. The Bertz CT molecular complexity index is 1080. The van der Waals surface area contributed by atoms with Crippen molar-refractivity contribution in [1.29, 1.82) is 0 Å². The van der Waals surface area contributed by atoms with Gasteiger partial charge in [0.05, 0.1) is 16.9 Å². The van der Waals surface area contributed by atoms with E-state index in [0.29, 0.717) is 11.3 Å². The average Bonchev–Trinajstić information content (AvgIpc) is 3.06. The van der Waals surface area contributed by atoms with E-state index >= 15 is 0 Å².